The Morgan fingerprint density at radius 3 is 2.54 bits per heavy atom. The molecule has 5 nitrogen and oxygen atoms in total. The molecule has 140 valence electrons. The number of anilines is 1. The van der Waals surface area contributed by atoms with Crippen LogP contribution in [0.25, 0.3) is 0 Å². The monoisotopic (exact) mass is 390 g/mol. The van der Waals surface area contributed by atoms with Crippen molar-refractivity contribution in [2.75, 3.05) is 17.3 Å². The molecule has 0 unspecified atom stereocenters. The van der Waals surface area contributed by atoms with Gasteiger partial charge in [-0.1, -0.05) is 48.5 Å². The lowest BCUT2D eigenvalue weighted by atomic mass is 10.1. The predicted octanol–water partition coefficient (Wildman–Crippen LogP) is 4.12. The van der Waals surface area contributed by atoms with E-state index >= 15 is 0 Å². The van der Waals surface area contributed by atoms with Gasteiger partial charge in [0, 0.05) is 16.8 Å². The minimum Gasteiger partial charge on any atom is -0.451 e. The molecule has 3 aromatic rings. The van der Waals surface area contributed by atoms with Crippen molar-refractivity contribution in [2.45, 2.75) is 10.9 Å². The van der Waals surface area contributed by atoms with Crippen LogP contribution < -0.4 is 4.90 Å². The first kappa shape index (κ1) is 18.3. The number of fused-ring (bicyclic) bond motifs is 1. The summed E-state index contributed by atoms with van der Waals surface area (Å²) >= 11 is 1.72. The molecule has 2 heterocycles. The summed E-state index contributed by atoms with van der Waals surface area (Å²) in [6.45, 7) is -0.336. The van der Waals surface area contributed by atoms with Crippen LogP contribution in [0.3, 0.4) is 0 Å². The number of carbonyl (C=O) groups excluding carboxylic acids is 2. The molecule has 0 bridgehead atoms. The molecule has 2 aromatic carbocycles. The van der Waals surface area contributed by atoms with E-state index < -0.39 is 5.97 Å². The third-order valence-corrected chi connectivity index (χ3v) is 5.63. The summed E-state index contributed by atoms with van der Waals surface area (Å²) in [5.41, 5.74) is 2.07. The predicted molar refractivity (Wildman–Crippen MR) is 108 cm³/mol. The number of pyridine rings is 1. The van der Waals surface area contributed by atoms with Gasteiger partial charge in [-0.15, -0.1) is 11.8 Å². The van der Waals surface area contributed by atoms with E-state index in [0.717, 1.165) is 21.9 Å². The van der Waals surface area contributed by atoms with Gasteiger partial charge in [0.2, 0.25) is 0 Å². The molecule has 1 aliphatic heterocycles. The first-order chi connectivity index (χ1) is 13.7. The van der Waals surface area contributed by atoms with Gasteiger partial charge in [-0.2, -0.15) is 0 Å². The van der Waals surface area contributed by atoms with E-state index in [4.69, 9.17) is 4.74 Å². The van der Waals surface area contributed by atoms with Crippen molar-refractivity contribution in [3.63, 3.8) is 0 Å². The largest absolute Gasteiger partial charge is 0.451 e. The Bertz CT molecular complexity index is 979. The Balaban J connectivity index is 1.58. The molecule has 0 saturated heterocycles. The van der Waals surface area contributed by atoms with Gasteiger partial charge in [-0.05, 0) is 29.8 Å². The van der Waals surface area contributed by atoms with Crippen molar-refractivity contribution in [2.24, 2.45) is 0 Å². The molecule has 6 heteroatoms. The van der Waals surface area contributed by atoms with Crippen LogP contribution >= 0.6 is 11.8 Å². The lowest BCUT2D eigenvalue weighted by molar-refractivity contribution is -0.122. The first-order valence-corrected chi connectivity index (χ1v) is 9.89. The number of hydrogen-bond donors (Lipinski definition) is 0. The summed E-state index contributed by atoms with van der Waals surface area (Å²) in [6, 6.07) is 22.6. The van der Waals surface area contributed by atoms with Gasteiger partial charge < -0.3 is 4.74 Å². The van der Waals surface area contributed by atoms with Crippen LogP contribution in [0.2, 0.25) is 0 Å². The van der Waals surface area contributed by atoms with Gasteiger partial charge in [0.15, 0.2) is 6.61 Å². The Kier molecular flexibility index (Phi) is 5.39. The second-order valence-corrected chi connectivity index (χ2v) is 7.32. The zero-order chi connectivity index (χ0) is 19.3. The lowest BCUT2D eigenvalue weighted by Crippen LogP contribution is -2.41. The molecule has 1 aliphatic rings. The highest BCUT2D eigenvalue weighted by Crippen LogP contribution is 2.43. The molecular formula is C22H18N2O3S. The van der Waals surface area contributed by atoms with Crippen LogP contribution in [0.5, 0.6) is 0 Å². The van der Waals surface area contributed by atoms with Crippen molar-refractivity contribution in [1.82, 2.24) is 4.98 Å². The number of amides is 1. The quantitative estimate of drug-likeness (QED) is 0.627. The number of aromatic nitrogens is 1. The number of ether oxygens (including phenoxy) is 1. The van der Waals surface area contributed by atoms with E-state index in [0.29, 0.717) is 0 Å². The maximum absolute atomic E-state index is 13.1. The van der Waals surface area contributed by atoms with Gasteiger partial charge >= 0.3 is 5.97 Å². The third kappa shape index (κ3) is 3.77. The summed E-state index contributed by atoms with van der Waals surface area (Å²) in [7, 11) is 0. The van der Waals surface area contributed by atoms with E-state index in [1.807, 2.05) is 54.6 Å². The molecule has 0 fully saturated rings. The van der Waals surface area contributed by atoms with Crippen LogP contribution in [-0.2, 0) is 9.53 Å². The van der Waals surface area contributed by atoms with Crippen LogP contribution in [0.4, 0.5) is 5.69 Å². The minimum atomic E-state index is -0.607. The van der Waals surface area contributed by atoms with Gasteiger partial charge in [-0.25, -0.2) is 9.78 Å². The molecule has 0 radical (unpaired) electrons. The van der Waals surface area contributed by atoms with Crippen molar-refractivity contribution >= 4 is 29.3 Å². The van der Waals surface area contributed by atoms with Gasteiger partial charge in [0.25, 0.3) is 5.91 Å². The number of carbonyl (C=O) groups is 2. The summed E-state index contributed by atoms with van der Waals surface area (Å²) in [5, 5.41) is 0. The van der Waals surface area contributed by atoms with E-state index in [1.54, 1.807) is 34.9 Å². The fourth-order valence-corrected chi connectivity index (χ4v) is 4.34. The Morgan fingerprint density at radius 1 is 1.00 bits per heavy atom. The maximum Gasteiger partial charge on any atom is 0.357 e. The zero-order valence-electron chi connectivity index (χ0n) is 15.0. The molecule has 0 aliphatic carbocycles. The van der Waals surface area contributed by atoms with Gasteiger partial charge in [0.05, 0.1) is 11.7 Å². The number of hydrogen-bond acceptors (Lipinski definition) is 5. The smallest absolute Gasteiger partial charge is 0.357 e. The van der Waals surface area contributed by atoms with Crippen molar-refractivity contribution < 1.29 is 14.3 Å². The molecule has 0 spiro atoms. The highest BCUT2D eigenvalue weighted by atomic mass is 32.2. The molecule has 28 heavy (non-hydrogen) atoms. The van der Waals surface area contributed by atoms with Gasteiger partial charge in [0.1, 0.15) is 5.69 Å². The average Bonchev–Trinajstić information content (AvgIpc) is 2.77. The average molecular weight is 390 g/mol. The van der Waals surface area contributed by atoms with Crippen molar-refractivity contribution in [1.29, 1.82) is 0 Å². The topological polar surface area (TPSA) is 59.5 Å². The van der Waals surface area contributed by atoms with Crippen LogP contribution in [-0.4, -0.2) is 29.2 Å². The third-order valence-electron chi connectivity index (χ3n) is 4.49. The number of esters is 1. The van der Waals surface area contributed by atoms with Crippen LogP contribution in [0.1, 0.15) is 22.1 Å². The second-order valence-electron chi connectivity index (χ2n) is 6.26. The molecule has 1 atom stereocenters. The molecule has 4 rings (SSSR count). The second kappa shape index (κ2) is 8.27. The Hall–Kier alpha value is -3.12. The van der Waals surface area contributed by atoms with Gasteiger partial charge in [-0.3, -0.25) is 9.69 Å². The summed E-state index contributed by atoms with van der Waals surface area (Å²) in [5.74, 6) is -0.128. The molecular weight excluding hydrogens is 372 g/mol. The maximum atomic E-state index is 13.1. The summed E-state index contributed by atoms with van der Waals surface area (Å²) in [4.78, 5) is 32.0. The minimum absolute atomic E-state index is 0.123. The zero-order valence-corrected chi connectivity index (χ0v) is 15.8. The van der Waals surface area contributed by atoms with Crippen LogP contribution in [0, 0.1) is 0 Å². The molecule has 0 saturated carbocycles. The van der Waals surface area contributed by atoms with Crippen molar-refractivity contribution in [3.8, 4) is 0 Å². The fourth-order valence-electron chi connectivity index (χ4n) is 3.17. The normalized spacial score (nSPS) is 15.6. The fraction of sp³-hybridized carbons (Fsp3) is 0.136. The Labute approximate surface area is 167 Å². The number of para-hydroxylation sites is 1. The molecule has 1 aromatic heterocycles. The summed E-state index contributed by atoms with van der Waals surface area (Å²) in [6.07, 6.45) is 1.52. The number of nitrogens with zero attached hydrogens (tertiary/aromatic N) is 2. The standard InChI is InChI=1S/C22H18N2O3S/c25-21(14-27-22(26)17-10-6-7-13-23-17)24-18-11-4-5-12-20(18)28-15-19(24)16-8-2-1-3-9-16/h1-13,19H,14-15H2/t19-/m1/s1. The van der Waals surface area contributed by atoms with Crippen molar-refractivity contribution in [3.05, 3.63) is 90.3 Å². The lowest BCUT2D eigenvalue weighted by Gasteiger charge is -2.37. The highest BCUT2D eigenvalue weighted by molar-refractivity contribution is 7.99. The van der Waals surface area contributed by atoms with E-state index in [9.17, 15) is 9.59 Å². The van der Waals surface area contributed by atoms with E-state index in [1.165, 1.54) is 6.20 Å². The molecule has 0 N–H and O–H groups in total. The van der Waals surface area contributed by atoms with E-state index in [-0.39, 0.29) is 24.2 Å². The number of thioether (sulfide) groups is 1. The molecule has 1 amide bonds. The number of benzene rings is 2. The number of rotatable bonds is 4. The summed E-state index contributed by atoms with van der Waals surface area (Å²) < 4.78 is 5.24. The Morgan fingerprint density at radius 2 is 1.75 bits per heavy atom. The highest BCUT2D eigenvalue weighted by Gasteiger charge is 2.33. The first-order valence-electron chi connectivity index (χ1n) is 8.91. The SMILES string of the molecule is O=C(OCC(=O)N1c2ccccc2SC[C@@H]1c1ccccc1)c1ccccn1. The van der Waals surface area contributed by atoms with E-state index in [2.05, 4.69) is 4.98 Å². The van der Waals surface area contributed by atoms with Crippen LogP contribution in [0.15, 0.2) is 83.9 Å².